The molecule has 41 heavy (non-hydrogen) atoms. The van der Waals surface area contributed by atoms with Crippen LogP contribution in [0.15, 0.2) is 42.5 Å². The van der Waals surface area contributed by atoms with Gasteiger partial charge in [-0.05, 0) is 34.2 Å². The van der Waals surface area contributed by atoms with Crippen LogP contribution in [0.2, 0.25) is 0 Å². The van der Waals surface area contributed by atoms with Gasteiger partial charge >= 0.3 is 12.1 Å². The van der Waals surface area contributed by atoms with Crippen molar-refractivity contribution in [2.24, 2.45) is 5.73 Å². The summed E-state index contributed by atoms with van der Waals surface area (Å²) in [6.07, 6.45) is -7.97. The highest BCUT2D eigenvalue weighted by Crippen LogP contribution is 2.40. The minimum Gasteiger partial charge on any atom is -0.479 e. The number of amides is 3. The van der Waals surface area contributed by atoms with Crippen LogP contribution in [0, 0.1) is 0 Å². The third-order valence-corrected chi connectivity index (χ3v) is 7.40. The molecule has 0 spiro atoms. The number of carboxylic acids is 1. The first-order valence-electron chi connectivity index (χ1n) is 12.6. The number of carboxylic acid groups (broad SMARTS) is 1. The van der Waals surface area contributed by atoms with Crippen molar-refractivity contribution >= 4 is 23.9 Å². The van der Waals surface area contributed by atoms with Crippen LogP contribution in [0.5, 0.6) is 0 Å². The van der Waals surface area contributed by atoms with E-state index in [1.54, 1.807) is 12.1 Å². The number of hydrogen-bond acceptors (Lipinski definition) is 10. The standard InChI is InChI=1S/C27H31N3O11/c1-13(32)29-23-22(35)21(34)19(11-31)41-27(23,39)26(24(36)37,10-20(28)33)30-25(38)40-12-15-6-4-8-17-16-7-3-2-5-14(16)9-18(15)17/h2-8,19,21-23,31,34-35,39H,9-12H2,1H3,(H2,28,33)(H,29,32)(H,30,38)(H,36,37)/t19-,21-,22+,23-,26?,27+/m1/s1. The molecule has 14 nitrogen and oxygen atoms in total. The van der Waals surface area contributed by atoms with E-state index in [9.17, 15) is 44.7 Å². The van der Waals surface area contributed by atoms with Gasteiger partial charge < -0.3 is 46.1 Å². The van der Waals surface area contributed by atoms with Gasteiger partial charge in [0.2, 0.25) is 23.1 Å². The smallest absolute Gasteiger partial charge is 0.408 e. The Morgan fingerprint density at radius 2 is 1.78 bits per heavy atom. The van der Waals surface area contributed by atoms with Crippen molar-refractivity contribution in [2.45, 2.75) is 62.1 Å². The van der Waals surface area contributed by atoms with Crippen molar-refractivity contribution in [2.75, 3.05) is 6.61 Å². The Kier molecular flexibility index (Phi) is 8.33. The van der Waals surface area contributed by atoms with Crippen LogP contribution >= 0.6 is 0 Å². The summed E-state index contributed by atoms with van der Waals surface area (Å²) in [4.78, 5) is 49.8. The topological polar surface area (TPSA) is 238 Å². The zero-order chi connectivity index (χ0) is 30.1. The number of carbonyl (C=O) groups is 4. The van der Waals surface area contributed by atoms with Gasteiger partial charge in [-0.3, -0.25) is 14.9 Å². The first-order valence-corrected chi connectivity index (χ1v) is 12.6. The molecule has 0 bridgehead atoms. The largest absolute Gasteiger partial charge is 0.479 e. The van der Waals surface area contributed by atoms with E-state index in [-0.39, 0.29) is 6.61 Å². The van der Waals surface area contributed by atoms with Crippen LogP contribution in [-0.4, -0.2) is 91.7 Å². The van der Waals surface area contributed by atoms with Gasteiger partial charge in [-0.25, -0.2) is 9.59 Å². The summed E-state index contributed by atoms with van der Waals surface area (Å²) in [5, 5.41) is 56.7. The lowest BCUT2D eigenvalue weighted by molar-refractivity contribution is -0.342. The predicted molar refractivity (Wildman–Crippen MR) is 139 cm³/mol. The molecule has 4 rings (SSSR count). The summed E-state index contributed by atoms with van der Waals surface area (Å²) < 4.78 is 10.6. The van der Waals surface area contributed by atoms with Crippen LogP contribution in [0.25, 0.3) is 11.1 Å². The number of aliphatic hydroxyl groups is 4. The number of nitrogens with one attached hydrogen (secondary N) is 2. The van der Waals surface area contributed by atoms with E-state index in [4.69, 9.17) is 15.2 Å². The number of ether oxygens (including phenoxy) is 2. The Labute approximate surface area is 233 Å². The third kappa shape index (κ3) is 5.35. The second kappa shape index (κ2) is 11.4. The number of aliphatic hydroxyl groups excluding tert-OH is 3. The van der Waals surface area contributed by atoms with Crippen LogP contribution < -0.4 is 16.4 Å². The molecular weight excluding hydrogens is 542 g/mol. The first kappa shape index (κ1) is 29.9. The number of aliphatic carboxylic acids is 1. The molecule has 14 heteroatoms. The van der Waals surface area contributed by atoms with Crippen LogP contribution in [0.3, 0.4) is 0 Å². The summed E-state index contributed by atoms with van der Waals surface area (Å²) in [6.45, 7) is -0.387. The van der Waals surface area contributed by atoms with Gasteiger partial charge in [-0.15, -0.1) is 0 Å². The fourth-order valence-electron chi connectivity index (χ4n) is 5.45. The molecule has 1 fully saturated rings. The summed E-state index contributed by atoms with van der Waals surface area (Å²) in [5.74, 6) is -7.61. The van der Waals surface area contributed by atoms with Gasteiger partial charge in [0.1, 0.15) is 31.0 Å². The number of fused-ring (bicyclic) bond motifs is 3. The van der Waals surface area contributed by atoms with E-state index in [1.165, 1.54) is 0 Å². The maximum absolute atomic E-state index is 13.1. The molecule has 6 atom stereocenters. The lowest BCUT2D eigenvalue weighted by Crippen LogP contribution is -2.82. The Balaban J connectivity index is 1.66. The van der Waals surface area contributed by atoms with E-state index in [2.05, 4.69) is 5.32 Å². The molecule has 0 radical (unpaired) electrons. The molecule has 2 aromatic carbocycles. The number of alkyl carbamates (subject to hydrolysis) is 1. The Morgan fingerprint density at radius 3 is 2.41 bits per heavy atom. The minimum atomic E-state index is -3.33. The summed E-state index contributed by atoms with van der Waals surface area (Å²) in [7, 11) is 0. The lowest BCUT2D eigenvalue weighted by Gasteiger charge is -2.53. The molecule has 2 aliphatic rings. The first-order chi connectivity index (χ1) is 19.3. The van der Waals surface area contributed by atoms with Crippen molar-refractivity contribution in [1.82, 2.24) is 10.6 Å². The fraction of sp³-hybridized carbons (Fsp3) is 0.407. The maximum Gasteiger partial charge on any atom is 0.408 e. The lowest BCUT2D eigenvalue weighted by atomic mass is 9.75. The Morgan fingerprint density at radius 1 is 1.10 bits per heavy atom. The molecule has 1 saturated heterocycles. The SMILES string of the molecule is CC(=O)N[C@@H]1[C@@H](O)[C@H](O)[C@@H](CO)O[C@]1(O)C(CC(N)=O)(NC(=O)OCc1cccc2c1Cc1ccccc1-2)C(=O)O. The second-order valence-corrected chi connectivity index (χ2v) is 10.0. The quantitative estimate of drug-likeness (QED) is 0.146. The van der Waals surface area contributed by atoms with Crippen molar-refractivity contribution < 1.29 is 54.2 Å². The predicted octanol–water partition coefficient (Wildman–Crippen LogP) is -1.51. The number of carbonyl (C=O) groups excluding carboxylic acids is 3. The van der Waals surface area contributed by atoms with E-state index in [0.717, 1.165) is 29.2 Å². The fourth-order valence-corrected chi connectivity index (χ4v) is 5.45. The van der Waals surface area contributed by atoms with Crippen LogP contribution in [0.4, 0.5) is 4.79 Å². The van der Waals surface area contributed by atoms with Gasteiger partial charge in [0.05, 0.1) is 13.0 Å². The molecule has 1 aliphatic carbocycles. The number of primary amides is 1. The van der Waals surface area contributed by atoms with Gasteiger partial charge in [0.15, 0.2) is 0 Å². The zero-order valence-corrected chi connectivity index (χ0v) is 21.9. The average molecular weight is 574 g/mol. The van der Waals surface area contributed by atoms with Crippen molar-refractivity contribution in [3.05, 3.63) is 59.2 Å². The second-order valence-electron chi connectivity index (χ2n) is 10.0. The molecule has 0 aromatic heterocycles. The highest BCUT2D eigenvalue weighted by atomic mass is 16.7. The Bertz CT molecular complexity index is 1370. The third-order valence-electron chi connectivity index (χ3n) is 7.40. The summed E-state index contributed by atoms with van der Waals surface area (Å²) >= 11 is 0. The number of hydrogen-bond donors (Lipinski definition) is 8. The number of rotatable bonds is 9. The van der Waals surface area contributed by atoms with Crippen molar-refractivity contribution in [1.29, 1.82) is 0 Å². The van der Waals surface area contributed by atoms with Gasteiger partial charge in [-0.2, -0.15) is 0 Å². The molecule has 1 unspecified atom stereocenters. The van der Waals surface area contributed by atoms with Crippen molar-refractivity contribution in [3.8, 4) is 11.1 Å². The molecule has 9 N–H and O–H groups in total. The molecule has 2 aromatic rings. The van der Waals surface area contributed by atoms with E-state index >= 15 is 0 Å². The minimum absolute atomic E-state index is 0.329. The monoisotopic (exact) mass is 573 g/mol. The van der Waals surface area contributed by atoms with E-state index in [0.29, 0.717) is 12.0 Å². The van der Waals surface area contributed by atoms with Gasteiger partial charge in [-0.1, -0.05) is 42.5 Å². The van der Waals surface area contributed by atoms with Crippen molar-refractivity contribution in [3.63, 3.8) is 0 Å². The van der Waals surface area contributed by atoms with Gasteiger partial charge in [0.25, 0.3) is 0 Å². The van der Waals surface area contributed by atoms with E-state index in [1.807, 2.05) is 35.6 Å². The molecule has 1 aliphatic heterocycles. The van der Waals surface area contributed by atoms with E-state index < -0.39 is 72.6 Å². The zero-order valence-electron chi connectivity index (χ0n) is 21.9. The highest BCUT2D eigenvalue weighted by molar-refractivity contribution is 5.92. The Hall–Kier alpha value is -4.08. The molecule has 0 saturated carbocycles. The van der Waals surface area contributed by atoms with Gasteiger partial charge in [0, 0.05) is 6.92 Å². The molecule has 3 amide bonds. The highest BCUT2D eigenvalue weighted by Gasteiger charge is 2.69. The molecule has 220 valence electrons. The molecular formula is C27H31N3O11. The van der Waals surface area contributed by atoms with Crippen LogP contribution in [0.1, 0.15) is 30.0 Å². The summed E-state index contributed by atoms with van der Waals surface area (Å²) in [5.41, 5.74) is 6.68. The summed E-state index contributed by atoms with van der Waals surface area (Å²) in [6, 6.07) is 11.0. The molecule has 1 heterocycles. The van der Waals surface area contributed by atoms with Crippen LogP contribution in [-0.2, 0) is 36.9 Å². The maximum atomic E-state index is 13.1. The number of benzene rings is 2. The normalized spacial score (nSPS) is 26.2. The number of nitrogens with two attached hydrogens (primary N) is 1. The average Bonchev–Trinajstić information content (AvgIpc) is 3.30.